The maximum atomic E-state index is 13.7. The smallest absolute Gasteiger partial charge is 0.326 e. The summed E-state index contributed by atoms with van der Waals surface area (Å²) in [5.74, 6) is -2.90. The minimum absolute atomic E-state index is 0.0642. The fourth-order valence-electron chi connectivity index (χ4n) is 4.07. The van der Waals surface area contributed by atoms with Crippen molar-refractivity contribution in [3.63, 3.8) is 0 Å². The first-order chi connectivity index (χ1) is 20.5. The second-order valence-electron chi connectivity index (χ2n) is 10.5. The van der Waals surface area contributed by atoms with Gasteiger partial charge in [0.15, 0.2) is 5.96 Å². The molecule has 1 aromatic carbocycles. The van der Waals surface area contributed by atoms with E-state index in [2.05, 4.69) is 20.3 Å². The third-order valence-electron chi connectivity index (χ3n) is 6.41. The summed E-state index contributed by atoms with van der Waals surface area (Å²) >= 11 is 0. The predicted molar refractivity (Wildman–Crippen MR) is 165 cm³/mol. The molecule has 1 amide bonds. The number of nitrogens with one attached hydrogen (secondary N) is 1. The van der Waals surface area contributed by atoms with E-state index in [1.54, 1.807) is 0 Å². The van der Waals surface area contributed by atoms with Gasteiger partial charge in [0.1, 0.15) is 11.9 Å². The lowest BCUT2D eigenvalue weighted by Gasteiger charge is -2.20. The highest BCUT2D eigenvalue weighted by molar-refractivity contribution is 7.92. The van der Waals surface area contributed by atoms with Crippen molar-refractivity contribution in [2.45, 2.75) is 63.7 Å². The fraction of sp³-hybridized carbons (Fsp3) is 0.464. The zero-order valence-electron chi connectivity index (χ0n) is 25.0. The summed E-state index contributed by atoms with van der Waals surface area (Å²) in [5, 5.41) is 32.8. The Kier molecular flexibility index (Phi) is 13.2. The van der Waals surface area contributed by atoms with Crippen LogP contribution in [-0.2, 0) is 19.6 Å². The van der Waals surface area contributed by atoms with E-state index < -0.39 is 52.4 Å². The largest absolute Gasteiger partial charge is 0.480 e. The van der Waals surface area contributed by atoms with Gasteiger partial charge >= 0.3 is 5.97 Å². The highest BCUT2D eigenvalue weighted by atomic mass is 32.2. The van der Waals surface area contributed by atoms with Crippen molar-refractivity contribution >= 4 is 39.9 Å². The molecule has 0 aliphatic heterocycles. The molecular weight excluding hydrogens is 597 g/mol. The molecule has 0 radical (unpaired) electrons. The molecule has 242 valence electrons. The van der Waals surface area contributed by atoms with Crippen molar-refractivity contribution in [1.29, 1.82) is 0 Å². The molecule has 0 saturated carbocycles. The van der Waals surface area contributed by atoms with Gasteiger partial charge in [-0.15, -0.1) is 0 Å². The fourth-order valence-corrected chi connectivity index (χ4v) is 4.45. The van der Waals surface area contributed by atoms with Crippen LogP contribution < -0.4 is 21.1 Å². The Hall–Kier alpha value is -4.15. The van der Waals surface area contributed by atoms with Crippen LogP contribution in [0.25, 0.3) is 17.3 Å². The third-order valence-corrected chi connectivity index (χ3v) is 7.56. The summed E-state index contributed by atoms with van der Waals surface area (Å²) in [7, 11) is -2.39. The van der Waals surface area contributed by atoms with Gasteiger partial charge in [-0.2, -0.15) is 0 Å². The Bertz CT molecular complexity index is 1460. The predicted octanol–water partition coefficient (Wildman–Crippen LogP) is 0.940. The molecule has 14 nitrogen and oxygen atoms in total. The Morgan fingerprint density at radius 1 is 1.16 bits per heavy atom. The zero-order chi connectivity index (χ0) is 33.2. The van der Waals surface area contributed by atoms with Gasteiger partial charge in [-0.05, 0) is 43.0 Å². The minimum atomic E-state index is -3.70. The number of anilines is 1. The van der Waals surface area contributed by atoms with E-state index in [1.807, 2.05) is 13.8 Å². The number of rotatable bonds is 16. The van der Waals surface area contributed by atoms with Gasteiger partial charge in [-0.1, -0.05) is 26.0 Å². The molecule has 0 aliphatic rings. The van der Waals surface area contributed by atoms with Crippen LogP contribution in [0.2, 0.25) is 0 Å². The summed E-state index contributed by atoms with van der Waals surface area (Å²) in [5.41, 5.74) is 12.1. The zero-order valence-corrected chi connectivity index (χ0v) is 25.8. The summed E-state index contributed by atoms with van der Waals surface area (Å²) in [6.07, 6.45) is 0.982. The van der Waals surface area contributed by atoms with Gasteiger partial charge in [0.05, 0.1) is 36.3 Å². The van der Waals surface area contributed by atoms with Crippen LogP contribution in [0.4, 0.5) is 10.3 Å². The summed E-state index contributed by atoms with van der Waals surface area (Å²) in [4.78, 5) is 36.5. The van der Waals surface area contributed by atoms with Gasteiger partial charge in [0.25, 0.3) is 0 Å². The minimum Gasteiger partial charge on any atom is -0.480 e. The van der Waals surface area contributed by atoms with Crippen molar-refractivity contribution < 1.29 is 37.7 Å². The Labute approximate surface area is 255 Å². The van der Waals surface area contributed by atoms with E-state index in [0.717, 1.165) is 10.6 Å². The number of benzene rings is 1. The molecule has 2 aromatic rings. The number of carboxylic acids is 1. The second-order valence-corrected chi connectivity index (χ2v) is 12.5. The summed E-state index contributed by atoms with van der Waals surface area (Å²) in [6.45, 7) is 3.86. The number of aliphatic imine (C=N–C) groups is 1. The topological polar surface area (TPSA) is 234 Å². The lowest BCUT2D eigenvalue weighted by molar-refractivity contribution is -0.142. The molecule has 0 saturated heterocycles. The number of carboxylic acid groups (broad SMARTS) is 1. The van der Waals surface area contributed by atoms with Gasteiger partial charge < -0.3 is 32.1 Å². The van der Waals surface area contributed by atoms with Gasteiger partial charge in [0.2, 0.25) is 21.9 Å². The van der Waals surface area contributed by atoms with Crippen LogP contribution in [0.1, 0.15) is 56.7 Å². The number of hydrogen-bond acceptors (Lipinski definition) is 9. The van der Waals surface area contributed by atoms with Crippen molar-refractivity contribution in [3.05, 3.63) is 47.4 Å². The van der Waals surface area contributed by atoms with Gasteiger partial charge in [0, 0.05) is 31.1 Å². The number of hydrogen-bond donors (Lipinski definition) is 6. The molecule has 0 spiro atoms. The first-order valence-corrected chi connectivity index (χ1v) is 15.6. The number of halogens is 1. The maximum absolute atomic E-state index is 13.7. The molecule has 16 heteroatoms. The normalized spacial score (nSPS) is 13.8. The number of amides is 1. The van der Waals surface area contributed by atoms with Crippen molar-refractivity contribution in [2.75, 3.05) is 24.2 Å². The van der Waals surface area contributed by atoms with Crippen LogP contribution in [0.15, 0.2) is 35.3 Å². The molecule has 0 bridgehead atoms. The average Bonchev–Trinajstić information content (AvgIpc) is 2.92. The quantitative estimate of drug-likeness (QED) is 0.0861. The number of nitrogens with two attached hydrogens (primary N) is 2. The third kappa shape index (κ3) is 11.2. The molecule has 1 aromatic heterocycles. The van der Waals surface area contributed by atoms with Crippen molar-refractivity contribution in [3.8, 4) is 11.3 Å². The van der Waals surface area contributed by atoms with E-state index in [4.69, 9.17) is 11.5 Å². The number of aliphatic hydroxyl groups is 2. The molecular formula is C28H40FN7O7S. The Morgan fingerprint density at radius 3 is 2.34 bits per heavy atom. The number of sulfonamides is 1. The number of nitrogens with zero attached hydrogens (tertiary/aromatic N) is 4. The van der Waals surface area contributed by atoms with Crippen molar-refractivity contribution in [1.82, 2.24) is 15.3 Å². The standard InChI is InChI=1S/C28H40FN7O7S/c1-16(2)24-21(25(17-7-9-18(29)10-8-17)35-28(34-24)36(3)44(4,42)43)12-11-19(37)14-20(38)15-23(39)33-22(26(40)41)6-5-13-32-27(30)31/h7-12,16,19-20,22,37-38H,5-6,13-15H2,1-4H3,(H,33,39)(H,40,41)(H4,30,31,32)/b12-11+/t19-,20+,22-/m0/s1. The Morgan fingerprint density at radius 2 is 1.80 bits per heavy atom. The van der Waals surface area contributed by atoms with E-state index in [-0.39, 0.29) is 42.9 Å². The molecule has 0 aliphatic carbocycles. The SMILES string of the molecule is CC(C)c1nc(N(C)S(C)(=O)=O)nc(-c2ccc(F)cc2)c1/C=C/[C@H](O)C[C@@H](O)CC(=O)N[C@@H](CCCN=C(N)N)C(=O)O. The van der Waals surface area contributed by atoms with Crippen LogP contribution >= 0.6 is 0 Å². The molecule has 2 rings (SSSR count). The van der Waals surface area contributed by atoms with Crippen LogP contribution in [0.5, 0.6) is 0 Å². The van der Waals surface area contributed by atoms with Crippen LogP contribution in [0.3, 0.4) is 0 Å². The molecule has 0 fully saturated rings. The number of carbonyl (C=O) groups is 2. The van der Waals surface area contributed by atoms with Gasteiger partial charge in [-0.25, -0.2) is 31.9 Å². The van der Waals surface area contributed by atoms with E-state index in [1.165, 1.54) is 43.5 Å². The second kappa shape index (κ2) is 16.1. The van der Waals surface area contributed by atoms with E-state index in [0.29, 0.717) is 23.2 Å². The van der Waals surface area contributed by atoms with Crippen molar-refractivity contribution in [2.24, 2.45) is 16.5 Å². The number of aliphatic hydroxyl groups excluding tert-OH is 2. The summed E-state index contributed by atoms with van der Waals surface area (Å²) < 4.78 is 39.0. The van der Waals surface area contributed by atoms with Crippen LogP contribution in [-0.4, -0.2) is 89.6 Å². The van der Waals surface area contributed by atoms with E-state index in [9.17, 15) is 37.7 Å². The van der Waals surface area contributed by atoms with Gasteiger partial charge in [-0.3, -0.25) is 9.79 Å². The first kappa shape index (κ1) is 36.0. The lowest BCUT2D eigenvalue weighted by atomic mass is 9.97. The molecule has 44 heavy (non-hydrogen) atoms. The number of aliphatic carboxylic acids is 1. The molecule has 8 N–H and O–H groups in total. The number of aromatic nitrogens is 2. The lowest BCUT2D eigenvalue weighted by Crippen LogP contribution is -2.42. The Balaban J connectivity index is 2.25. The maximum Gasteiger partial charge on any atom is 0.326 e. The monoisotopic (exact) mass is 637 g/mol. The van der Waals surface area contributed by atoms with Crippen LogP contribution in [0, 0.1) is 5.82 Å². The molecule has 3 atom stereocenters. The first-order valence-electron chi connectivity index (χ1n) is 13.7. The highest BCUT2D eigenvalue weighted by Gasteiger charge is 2.24. The number of guanidine groups is 1. The highest BCUT2D eigenvalue weighted by Crippen LogP contribution is 2.31. The summed E-state index contributed by atoms with van der Waals surface area (Å²) in [6, 6.07) is 4.21. The van der Waals surface area contributed by atoms with E-state index >= 15 is 0 Å². The molecule has 1 heterocycles. The average molecular weight is 638 g/mol. The molecule has 0 unspecified atom stereocenters. The number of carbonyl (C=O) groups excluding carboxylic acids is 1.